The number of aliphatic hydroxyl groups excluding tert-OH is 1. The van der Waals surface area contributed by atoms with E-state index in [0.29, 0.717) is 10.0 Å². The third-order valence-electron chi connectivity index (χ3n) is 3.10. The maximum atomic E-state index is 12.6. The van der Waals surface area contributed by atoms with Crippen LogP contribution in [0.2, 0.25) is 0 Å². The predicted octanol–water partition coefficient (Wildman–Crippen LogP) is 2.91. The zero-order valence-electron chi connectivity index (χ0n) is 13.9. The summed E-state index contributed by atoms with van der Waals surface area (Å²) in [4.78, 5) is 23.7. The number of aliphatic hydroxyl groups is 1. The molecule has 0 bridgehead atoms. The molecule has 0 unspecified atom stereocenters. The highest BCUT2D eigenvalue weighted by Gasteiger charge is 2.43. The van der Waals surface area contributed by atoms with Crippen molar-refractivity contribution in [3.05, 3.63) is 34.3 Å². The summed E-state index contributed by atoms with van der Waals surface area (Å²) < 4.78 is 43.6. The van der Waals surface area contributed by atoms with Crippen molar-refractivity contribution in [3.63, 3.8) is 0 Å². The Labute approximate surface area is 151 Å². The van der Waals surface area contributed by atoms with E-state index in [1.807, 2.05) is 0 Å². The fraction of sp³-hybridized carbons (Fsp3) is 0.500. The van der Waals surface area contributed by atoms with Crippen molar-refractivity contribution in [1.29, 1.82) is 0 Å². The summed E-state index contributed by atoms with van der Waals surface area (Å²) in [5.74, 6) is -4.44. The molecular weight excluding hydrogens is 407 g/mol. The van der Waals surface area contributed by atoms with E-state index in [1.54, 1.807) is 38.2 Å². The van der Waals surface area contributed by atoms with Crippen LogP contribution in [0.5, 0.6) is 0 Å². The molecule has 140 valence electrons. The van der Waals surface area contributed by atoms with E-state index >= 15 is 0 Å². The first kappa shape index (κ1) is 21.4. The number of nitrogens with one attached hydrogen (secondary N) is 1. The number of amides is 1. The highest BCUT2D eigenvalue weighted by atomic mass is 79.9. The van der Waals surface area contributed by atoms with Crippen LogP contribution < -0.4 is 5.32 Å². The Morgan fingerprint density at radius 3 is 2.12 bits per heavy atom. The van der Waals surface area contributed by atoms with E-state index < -0.39 is 42.2 Å². The smallest absolute Gasteiger partial charge is 0.458 e. The van der Waals surface area contributed by atoms with Crippen molar-refractivity contribution in [1.82, 2.24) is 5.32 Å². The number of carbonyl (C=O) groups is 2. The fourth-order valence-electron chi connectivity index (χ4n) is 2.03. The van der Waals surface area contributed by atoms with Gasteiger partial charge in [-0.15, -0.1) is 0 Å². The molecule has 1 rings (SSSR count). The molecule has 0 aliphatic heterocycles. The molecule has 0 aromatic heterocycles. The molecule has 5 nitrogen and oxygen atoms in total. The highest BCUT2D eigenvalue weighted by Crippen LogP contribution is 2.25. The molecule has 0 saturated heterocycles. The molecule has 0 heterocycles. The molecule has 2 atom stereocenters. The minimum Gasteiger partial charge on any atom is -0.458 e. The number of ether oxygens (including phenoxy) is 1. The van der Waals surface area contributed by atoms with Gasteiger partial charge in [0.25, 0.3) is 0 Å². The predicted molar refractivity (Wildman–Crippen MR) is 87.8 cm³/mol. The van der Waals surface area contributed by atoms with E-state index in [1.165, 1.54) is 12.1 Å². The molecule has 0 fully saturated rings. The quantitative estimate of drug-likeness (QED) is 0.711. The summed E-state index contributed by atoms with van der Waals surface area (Å²) in [5.41, 5.74) is -0.595. The Hall–Kier alpha value is -1.61. The zero-order valence-corrected chi connectivity index (χ0v) is 15.4. The minimum atomic E-state index is -5.17. The summed E-state index contributed by atoms with van der Waals surface area (Å²) in [6.45, 7) is 3.97. The van der Waals surface area contributed by atoms with Crippen molar-refractivity contribution in [2.45, 2.75) is 44.5 Å². The number of esters is 1. The lowest BCUT2D eigenvalue weighted by atomic mass is 9.91. The Morgan fingerprint density at radius 1 is 1.20 bits per heavy atom. The fourth-order valence-corrected chi connectivity index (χ4v) is 2.29. The molecule has 0 spiro atoms. The van der Waals surface area contributed by atoms with E-state index in [2.05, 4.69) is 15.9 Å². The minimum absolute atomic E-state index is 0.379. The molecule has 25 heavy (non-hydrogen) atoms. The first-order valence-electron chi connectivity index (χ1n) is 7.32. The molecular formula is C16H19BrF3NO4. The van der Waals surface area contributed by atoms with Crippen LogP contribution >= 0.6 is 15.9 Å². The summed E-state index contributed by atoms with van der Waals surface area (Å²) in [7, 11) is 0. The summed E-state index contributed by atoms with van der Waals surface area (Å²) >= 11 is 3.22. The average Bonchev–Trinajstić information content (AvgIpc) is 2.45. The molecule has 1 amide bonds. The van der Waals surface area contributed by atoms with Gasteiger partial charge in [-0.25, -0.2) is 4.79 Å². The van der Waals surface area contributed by atoms with Crippen molar-refractivity contribution in [3.8, 4) is 0 Å². The number of rotatable bonds is 5. The number of halogens is 4. The number of hydrogen-bond donors (Lipinski definition) is 2. The van der Waals surface area contributed by atoms with E-state index in [-0.39, 0.29) is 0 Å². The second-order valence-electron chi connectivity index (χ2n) is 6.32. The third kappa shape index (κ3) is 6.66. The van der Waals surface area contributed by atoms with Gasteiger partial charge < -0.3 is 15.2 Å². The molecule has 2 N–H and O–H groups in total. The largest absolute Gasteiger partial charge is 0.471 e. The molecule has 0 saturated carbocycles. The van der Waals surface area contributed by atoms with E-state index in [0.717, 1.165) is 0 Å². The normalized spacial score (nSPS) is 14.6. The van der Waals surface area contributed by atoms with Crippen molar-refractivity contribution >= 4 is 27.8 Å². The Morgan fingerprint density at radius 2 is 1.72 bits per heavy atom. The number of hydrogen-bond acceptors (Lipinski definition) is 4. The Kier molecular flexibility index (Phi) is 7.01. The maximum absolute atomic E-state index is 12.6. The van der Waals surface area contributed by atoms with Crippen LogP contribution in [0.1, 0.15) is 32.3 Å². The standard InChI is InChI=1S/C16H19BrF3NO4/c1-15(2,3)25-13(23)12(21-14(24)16(18,19)20)11(8-22)9-4-6-10(17)7-5-9/h4-7,11-12,22H,8H2,1-3H3,(H,21,24)/t11-,12+/m1/s1. The van der Waals surface area contributed by atoms with Crippen LogP contribution in [0.4, 0.5) is 13.2 Å². The topological polar surface area (TPSA) is 75.6 Å². The summed E-state index contributed by atoms with van der Waals surface area (Å²) in [6.07, 6.45) is -5.17. The molecule has 1 aromatic carbocycles. The molecule has 0 aliphatic rings. The lowest BCUT2D eigenvalue weighted by Gasteiger charge is -2.29. The average molecular weight is 426 g/mol. The Bertz CT molecular complexity index is 611. The van der Waals surface area contributed by atoms with Crippen LogP contribution in [0, 0.1) is 0 Å². The van der Waals surface area contributed by atoms with Crippen LogP contribution in [-0.4, -0.2) is 41.4 Å². The van der Waals surface area contributed by atoms with E-state index in [9.17, 15) is 27.9 Å². The van der Waals surface area contributed by atoms with Gasteiger partial charge in [0.1, 0.15) is 11.6 Å². The van der Waals surface area contributed by atoms with Crippen LogP contribution in [0.25, 0.3) is 0 Å². The lowest BCUT2D eigenvalue weighted by Crippen LogP contribution is -2.52. The van der Waals surface area contributed by atoms with E-state index in [4.69, 9.17) is 4.74 Å². The van der Waals surface area contributed by atoms with Gasteiger partial charge in [-0.3, -0.25) is 4.79 Å². The number of carbonyl (C=O) groups excluding carboxylic acids is 2. The number of alkyl halides is 3. The SMILES string of the molecule is CC(C)(C)OC(=O)[C@@H](NC(=O)C(F)(F)F)[C@H](CO)c1ccc(Br)cc1. The van der Waals surface area contributed by atoms with Crippen LogP contribution in [0.3, 0.4) is 0 Å². The highest BCUT2D eigenvalue weighted by molar-refractivity contribution is 9.10. The third-order valence-corrected chi connectivity index (χ3v) is 3.63. The number of benzene rings is 1. The second kappa shape index (κ2) is 8.18. The van der Waals surface area contributed by atoms with Crippen molar-refractivity contribution in [2.75, 3.05) is 6.61 Å². The second-order valence-corrected chi connectivity index (χ2v) is 7.24. The lowest BCUT2D eigenvalue weighted by molar-refractivity contribution is -0.177. The van der Waals surface area contributed by atoms with Gasteiger partial charge in [-0.2, -0.15) is 13.2 Å². The first-order valence-corrected chi connectivity index (χ1v) is 8.11. The Balaban J connectivity index is 3.20. The monoisotopic (exact) mass is 425 g/mol. The first-order chi connectivity index (χ1) is 11.3. The van der Waals surface area contributed by atoms with Gasteiger partial charge in [0, 0.05) is 10.4 Å². The summed E-state index contributed by atoms with van der Waals surface area (Å²) in [6, 6.07) is 4.58. The van der Waals surface area contributed by atoms with Gasteiger partial charge in [0.05, 0.1) is 6.61 Å². The molecule has 0 radical (unpaired) electrons. The van der Waals surface area contributed by atoms with Gasteiger partial charge in [0.2, 0.25) is 0 Å². The van der Waals surface area contributed by atoms with Crippen molar-refractivity contribution in [2.24, 2.45) is 0 Å². The van der Waals surface area contributed by atoms with Gasteiger partial charge in [0.15, 0.2) is 0 Å². The molecule has 0 aliphatic carbocycles. The zero-order chi connectivity index (χ0) is 19.4. The maximum Gasteiger partial charge on any atom is 0.471 e. The van der Waals surface area contributed by atoms with Crippen LogP contribution in [-0.2, 0) is 14.3 Å². The van der Waals surface area contributed by atoms with Crippen molar-refractivity contribution < 1.29 is 32.6 Å². The summed E-state index contributed by atoms with van der Waals surface area (Å²) in [5, 5.41) is 11.3. The van der Waals surface area contributed by atoms with Gasteiger partial charge in [-0.05, 0) is 38.5 Å². The molecule has 1 aromatic rings. The van der Waals surface area contributed by atoms with Gasteiger partial charge >= 0.3 is 18.1 Å². The molecule has 9 heteroatoms. The van der Waals surface area contributed by atoms with Gasteiger partial charge in [-0.1, -0.05) is 28.1 Å². The van der Waals surface area contributed by atoms with Crippen LogP contribution in [0.15, 0.2) is 28.7 Å².